The maximum atomic E-state index is 13.2. The third kappa shape index (κ3) is 3.09. The number of aromatic carboxylic acids is 1. The van der Waals surface area contributed by atoms with Gasteiger partial charge in [-0.15, -0.1) is 0 Å². The first-order valence-electron chi connectivity index (χ1n) is 4.56. The molecule has 0 aliphatic rings. The molecule has 98 valence electrons. The highest BCUT2D eigenvalue weighted by Gasteiger charge is 2.22. The van der Waals surface area contributed by atoms with E-state index in [4.69, 9.17) is 5.11 Å². The van der Waals surface area contributed by atoms with Gasteiger partial charge in [0.2, 0.25) is 0 Å². The fraction of sp³-hybridized carbons (Fsp3) is 0.222. The highest BCUT2D eigenvalue weighted by atomic mass is 19.3. The van der Waals surface area contributed by atoms with E-state index in [1.54, 1.807) is 0 Å². The van der Waals surface area contributed by atoms with Gasteiger partial charge in [0, 0.05) is 0 Å². The van der Waals surface area contributed by atoms with Gasteiger partial charge in [-0.2, -0.15) is 0 Å². The SMILES string of the molecule is O=C(O)c1cc(NCC(F)F)c([N+](=O)[O-])cc1F. The maximum absolute atomic E-state index is 13.2. The van der Waals surface area contributed by atoms with Crippen molar-refractivity contribution in [3.8, 4) is 0 Å². The zero-order chi connectivity index (χ0) is 13.9. The molecule has 1 rings (SSSR count). The molecule has 0 bridgehead atoms. The summed E-state index contributed by atoms with van der Waals surface area (Å²) in [5.41, 5.74) is -2.12. The van der Waals surface area contributed by atoms with Crippen LogP contribution in [0.15, 0.2) is 12.1 Å². The molecular weight excluding hydrogens is 257 g/mol. The highest BCUT2D eigenvalue weighted by molar-refractivity contribution is 5.90. The number of alkyl halides is 2. The topological polar surface area (TPSA) is 92.5 Å². The van der Waals surface area contributed by atoms with Gasteiger partial charge in [0.05, 0.1) is 23.1 Å². The van der Waals surface area contributed by atoms with Crippen molar-refractivity contribution >= 4 is 17.3 Å². The molecule has 0 aromatic heterocycles. The molecule has 0 saturated heterocycles. The van der Waals surface area contributed by atoms with Gasteiger partial charge in [-0.25, -0.2) is 18.0 Å². The lowest BCUT2D eigenvalue weighted by Crippen LogP contribution is -2.13. The molecule has 0 heterocycles. The zero-order valence-electron chi connectivity index (χ0n) is 8.69. The number of carboxylic acids is 1. The van der Waals surface area contributed by atoms with Gasteiger partial charge in [-0.3, -0.25) is 10.1 Å². The van der Waals surface area contributed by atoms with E-state index in [-0.39, 0.29) is 0 Å². The quantitative estimate of drug-likeness (QED) is 0.627. The van der Waals surface area contributed by atoms with Gasteiger partial charge < -0.3 is 10.4 Å². The number of nitrogens with one attached hydrogen (secondary N) is 1. The molecule has 18 heavy (non-hydrogen) atoms. The largest absolute Gasteiger partial charge is 0.478 e. The lowest BCUT2D eigenvalue weighted by Gasteiger charge is -2.08. The minimum atomic E-state index is -2.79. The van der Waals surface area contributed by atoms with E-state index >= 15 is 0 Å². The summed E-state index contributed by atoms with van der Waals surface area (Å²) in [6.45, 7) is -0.911. The predicted molar refractivity (Wildman–Crippen MR) is 54.5 cm³/mol. The Hall–Kier alpha value is -2.32. The maximum Gasteiger partial charge on any atom is 0.338 e. The molecule has 0 atom stereocenters. The average Bonchev–Trinajstić information content (AvgIpc) is 2.26. The van der Waals surface area contributed by atoms with Crippen LogP contribution in [0.3, 0.4) is 0 Å². The van der Waals surface area contributed by atoms with Crippen LogP contribution in [-0.2, 0) is 0 Å². The lowest BCUT2D eigenvalue weighted by molar-refractivity contribution is -0.384. The first-order chi connectivity index (χ1) is 8.32. The Bertz CT molecular complexity index is 493. The Kier molecular flexibility index (Phi) is 4.08. The molecule has 0 aliphatic heterocycles. The van der Waals surface area contributed by atoms with Gasteiger partial charge >= 0.3 is 5.97 Å². The standard InChI is InChI=1S/C9H7F3N2O4/c10-5-2-7(14(17)18)6(13-3-8(11)12)1-4(5)9(15)16/h1-2,8,13H,3H2,(H,15,16). The smallest absolute Gasteiger partial charge is 0.338 e. The van der Waals surface area contributed by atoms with Crippen LogP contribution in [-0.4, -0.2) is 29.0 Å². The first kappa shape index (κ1) is 13.7. The van der Waals surface area contributed by atoms with Crippen molar-refractivity contribution in [3.63, 3.8) is 0 Å². The number of nitrogens with zero attached hydrogens (tertiary/aromatic N) is 1. The van der Waals surface area contributed by atoms with E-state index in [0.717, 1.165) is 0 Å². The number of benzene rings is 1. The summed E-state index contributed by atoms with van der Waals surface area (Å²) in [6.07, 6.45) is -2.79. The van der Waals surface area contributed by atoms with E-state index in [1.165, 1.54) is 0 Å². The van der Waals surface area contributed by atoms with Crippen molar-refractivity contribution in [2.24, 2.45) is 0 Å². The Morgan fingerprint density at radius 3 is 2.56 bits per heavy atom. The molecule has 9 heteroatoms. The number of nitro benzene ring substituents is 1. The number of hydrogen-bond donors (Lipinski definition) is 2. The summed E-state index contributed by atoms with van der Waals surface area (Å²) in [4.78, 5) is 20.2. The average molecular weight is 264 g/mol. The summed E-state index contributed by atoms with van der Waals surface area (Å²) in [7, 11) is 0. The number of hydrogen-bond acceptors (Lipinski definition) is 4. The van der Waals surface area contributed by atoms with Gasteiger partial charge in [-0.05, 0) is 6.07 Å². The highest BCUT2D eigenvalue weighted by Crippen LogP contribution is 2.28. The molecule has 0 fully saturated rings. The van der Waals surface area contributed by atoms with Crippen molar-refractivity contribution in [1.29, 1.82) is 0 Å². The van der Waals surface area contributed by atoms with E-state index in [0.29, 0.717) is 12.1 Å². The van der Waals surface area contributed by atoms with Crippen LogP contribution in [0.2, 0.25) is 0 Å². The molecular formula is C9H7F3N2O4. The molecule has 1 aromatic rings. The van der Waals surface area contributed by atoms with Crippen molar-refractivity contribution < 1.29 is 28.0 Å². The third-order valence-corrected chi connectivity index (χ3v) is 1.96. The molecule has 1 aromatic carbocycles. The number of nitro groups is 1. The van der Waals surface area contributed by atoms with E-state index in [9.17, 15) is 28.1 Å². The van der Waals surface area contributed by atoms with Crippen molar-refractivity contribution in [1.82, 2.24) is 0 Å². The normalized spacial score (nSPS) is 10.4. The number of carbonyl (C=O) groups is 1. The van der Waals surface area contributed by atoms with Crippen LogP contribution in [0.1, 0.15) is 10.4 Å². The Balaban J connectivity index is 3.22. The van der Waals surface area contributed by atoms with Crippen LogP contribution in [0.25, 0.3) is 0 Å². The van der Waals surface area contributed by atoms with Crippen LogP contribution in [0, 0.1) is 15.9 Å². The minimum absolute atomic E-state index is 0.372. The molecule has 0 saturated carbocycles. The summed E-state index contributed by atoms with van der Waals surface area (Å²) < 4.78 is 37.1. The van der Waals surface area contributed by atoms with Gasteiger partial charge in [0.25, 0.3) is 12.1 Å². The number of rotatable bonds is 5. The summed E-state index contributed by atoms with van der Waals surface area (Å²) in [5.74, 6) is -2.96. The third-order valence-electron chi connectivity index (χ3n) is 1.96. The Morgan fingerprint density at radius 1 is 1.50 bits per heavy atom. The van der Waals surface area contributed by atoms with Crippen molar-refractivity contribution in [3.05, 3.63) is 33.6 Å². The molecule has 0 spiro atoms. The van der Waals surface area contributed by atoms with Gasteiger partial charge in [0.15, 0.2) is 0 Å². The number of carboxylic acid groups (broad SMARTS) is 1. The second-order valence-corrected chi connectivity index (χ2v) is 3.18. The van der Waals surface area contributed by atoms with Crippen LogP contribution in [0.4, 0.5) is 24.5 Å². The Labute approximate surface area is 98.2 Å². The molecule has 6 nitrogen and oxygen atoms in total. The zero-order valence-corrected chi connectivity index (χ0v) is 8.69. The monoisotopic (exact) mass is 264 g/mol. The molecule has 2 N–H and O–H groups in total. The Morgan fingerprint density at radius 2 is 2.11 bits per heavy atom. The van der Waals surface area contributed by atoms with Crippen LogP contribution < -0.4 is 5.32 Å². The van der Waals surface area contributed by atoms with Crippen LogP contribution >= 0.6 is 0 Å². The minimum Gasteiger partial charge on any atom is -0.478 e. The number of anilines is 1. The van der Waals surface area contributed by atoms with Gasteiger partial charge in [-0.1, -0.05) is 0 Å². The van der Waals surface area contributed by atoms with E-state index in [1.807, 2.05) is 5.32 Å². The second kappa shape index (κ2) is 5.34. The first-order valence-corrected chi connectivity index (χ1v) is 4.56. The summed E-state index contributed by atoms with van der Waals surface area (Å²) in [6, 6.07) is 0.982. The predicted octanol–water partition coefficient (Wildman–Crippen LogP) is 2.11. The van der Waals surface area contributed by atoms with Crippen molar-refractivity contribution in [2.45, 2.75) is 6.43 Å². The second-order valence-electron chi connectivity index (χ2n) is 3.18. The fourth-order valence-electron chi connectivity index (χ4n) is 1.21. The summed E-state index contributed by atoms with van der Waals surface area (Å²) in [5, 5.41) is 21.2. The van der Waals surface area contributed by atoms with Gasteiger partial charge in [0.1, 0.15) is 11.5 Å². The molecule has 0 aliphatic carbocycles. The van der Waals surface area contributed by atoms with E-state index < -0.39 is 46.6 Å². The molecule has 0 radical (unpaired) electrons. The summed E-state index contributed by atoms with van der Waals surface area (Å²) >= 11 is 0. The lowest BCUT2D eigenvalue weighted by atomic mass is 10.1. The number of halogens is 3. The fourth-order valence-corrected chi connectivity index (χ4v) is 1.21. The van der Waals surface area contributed by atoms with E-state index in [2.05, 4.69) is 0 Å². The van der Waals surface area contributed by atoms with Crippen molar-refractivity contribution in [2.75, 3.05) is 11.9 Å². The molecule has 0 amide bonds. The van der Waals surface area contributed by atoms with Crippen LogP contribution in [0.5, 0.6) is 0 Å². The molecule has 0 unspecified atom stereocenters.